The van der Waals surface area contributed by atoms with E-state index >= 15 is 0 Å². The molecule has 230 valence electrons. The first-order valence-corrected chi connectivity index (χ1v) is 14.7. The van der Waals surface area contributed by atoms with E-state index in [1.165, 1.54) is 63.5 Å². The number of rotatable bonds is 9. The molecule has 0 heterocycles. The Morgan fingerprint density at radius 3 is 1.85 bits per heavy atom. The maximum atomic E-state index is 14.5. The van der Waals surface area contributed by atoms with Crippen LogP contribution in [0, 0.1) is 29.3 Å². The number of benzene rings is 2. The Balaban J connectivity index is 0.000000278. The van der Waals surface area contributed by atoms with Crippen molar-refractivity contribution < 1.29 is 39.9 Å². The molecule has 2 aromatic rings. The van der Waals surface area contributed by atoms with Gasteiger partial charge in [0.2, 0.25) is 5.75 Å². The molecule has 41 heavy (non-hydrogen) atoms. The summed E-state index contributed by atoms with van der Waals surface area (Å²) in [5.41, 5.74) is 0.242. The molecule has 0 amide bonds. The smallest absolute Gasteiger partial charge is 0.399 e. The highest BCUT2D eigenvalue weighted by molar-refractivity contribution is 5.66. The lowest BCUT2D eigenvalue weighted by atomic mass is 9.79. The van der Waals surface area contributed by atoms with Crippen LogP contribution in [0.3, 0.4) is 0 Å². The van der Waals surface area contributed by atoms with Crippen LogP contribution < -0.4 is 4.74 Å². The lowest BCUT2D eigenvalue weighted by Crippen LogP contribution is -2.19. The Morgan fingerprint density at radius 1 is 0.756 bits per heavy atom. The fourth-order valence-corrected chi connectivity index (χ4v) is 5.98. The van der Waals surface area contributed by atoms with E-state index in [0.29, 0.717) is 49.3 Å². The van der Waals surface area contributed by atoms with E-state index in [1.54, 1.807) is 6.07 Å². The van der Waals surface area contributed by atoms with Gasteiger partial charge >= 0.3 is 6.36 Å². The fourth-order valence-electron chi connectivity index (χ4n) is 5.98. The Morgan fingerprint density at radius 2 is 1.34 bits per heavy atom. The van der Waals surface area contributed by atoms with E-state index in [1.807, 2.05) is 0 Å². The van der Waals surface area contributed by atoms with Crippen LogP contribution in [0.4, 0.5) is 35.1 Å². The van der Waals surface area contributed by atoms with Gasteiger partial charge in [0.15, 0.2) is 11.6 Å². The summed E-state index contributed by atoms with van der Waals surface area (Å²) < 4.78 is 107. The summed E-state index contributed by atoms with van der Waals surface area (Å²) in [6.07, 6.45) is 7.54. The predicted octanol–water partition coefficient (Wildman–Crippen LogP) is 11.4. The van der Waals surface area contributed by atoms with Gasteiger partial charge in [0, 0.05) is 5.56 Å². The van der Waals surface area contributed by atoms with E-state index in [9.17, 15) is 35.1 Å². The number of unbranched alkanes of at least 4 members (excludes halogenated alkanes) is 2. The number of alkyl halides is 5. The molecule has 0 atom stereocenters. The van der Waals surface area contributed by atoms with Gasteiger partial charge in [0.25, 0.3) is 0 Å². The quantitative estimate of drug-likeness (QED) is 0.208. The van der Waals surface area contributed by atoms with Gasteiger partial charge in [-0.05, 0) is 79.2 Å². The molecule has 4 rings (SSSR count). The van der Waals surface area contributed by atoms with Crippen LogP contribution in [-0.2, 0) is 0 Å². The van der Waals surface area contributed by atoms with Crippen LogP contribution >= 0.6 is 0 Å². The summed E-state index contributed by atoms with van der Waals surface area (Å²) in [6.45, 7) is 2.16. The van der Waals surface area contributed by atoms with Crippen molar-refractivity contribution in [3.8, 4) is 16.9 Å². The second kappa shape index (κ2) is 15.8. The van der Waals surface area contributed by atoms with Crippen molar-refractivity contribution in [1.29, 1.82) is 0 Å². The zero-order valence-electron chi connectivity index (χ0n) is 23.5. The molecule has 9 heteroatoms. The molecule has 0 saturated heterocycles. The first-order chi connectivity index (χ1) is 19.5. The lowest BCUT2D eigenvalue weighted by molar-refractivity contribution is -0.276. The minimum absolute atomic E-state index is 0.00316. The summed E-state index contributed by atoms with van der Waals surface area (Å²) in [7, 11) is 0. The highest BCUT2D eigenvalue weighted by atomic mass is 19.4. The van der Waals surface area contributed by atoms with Crippen molar-refractivity contribution in [2.75, 3.05) is 6.67 Å². The number of hydrogen-bond acceptors (Lipinski definition) is 1. The molecule has 2 aliphatic rings. The first kappa shape index (κ1) is 33.2. The Labute approximate surface area is 237 Å². The summed E-state index contributed by atoms with van der Waals surface area (Å²) in [6, 6.07) is 5.27. The molecule has 0 spiro atoms. The van der Waals surface area contributed by atoms with Crippen LogP contribution in [0.2, 0.25) is 0 Å². The molecule has 0 unspecified atom stereocenters. The average Bonchev–Trinajstić information content (AvgIpc) is 2.92. The molecule has 1 nitrogen and oxygen atoms in total. The normalized spacial score (nSPS) is 23.0. The minimum atomic E-state index is -5.26. The zero-order chi connectivity index (χ0) is 30.0. The highest BCUT2D eigenvalue weighted by Crippen LogP contribution is 2.38. The van der Waals surface area contributed by atoms with Crippen LogP contribution in [0.1, 0.15) is 102 Å². The zero-order valence-corrected chi connectivity index (χ0v) is 23.5. The van der Waals surface area contributed by atoms with Crippen molar-refractivity contribution in [1.82, 2.24) is 0 Å². The van der Waals surface area contributed by atoms with Crippen molar-refractivity contribution in [3.05, 3.63) is 53.3 Å². The Bertz CT molecular complexity index is 1050. The largest absolute Gasteiger partial charge is 0.573 e. The predicted molar refractivity (Wildman–Crippen MR) is 145 cm³/mol. The molecule has 0 bridgehead atoms. The van der Waals surface area contributed by atoms with E-state index in [0.717, 1.165) is 12.3 Å². The van der Waals surface area contributed by atoms with Gasteiger partial charge in [-0.3, -0.25) is 4.39 Å². The van der Waals surface area contributed by atoms with Crippen LogP contribution in [0.5, 0.6) is 5.75 Å². The van der Waals surface area contributed by atoms with Gasteiger partial charge < -0.3 is 4.74 Å². The van der Waals surface area contributed by atoms with E-state index in [4.69, 9.17) is 0 Å². The Hall–Kier alpha value is -2.32. The van der Waals surface area contributed by atoms with Gasteiger partial charge in [-0.2, -0.15) is 0 Å². The van der Waals surface area contributed by atoms with Gasteiger partial charge in [0.1, 0.15) is 12.0 Å². The molecule has 2 saturated carbocycles. The second-order valence-corrected chi connectivity index (χ2v) is 11.4. The minimum Gasteiger partial charge on any atom is -0.399 e. The van der Waals surface area contributed by atoms with Crippen molar-refractivity contribution in [3.63, 3.8) is 0 Å². The topological polar surface area (TPSA) is 9.23 Å². The van der Waals surface area contributed by atoms with Gasteiger partial charge in [-0.15, -0.1) is 13.2 Å². The molecular formula is C32H40F8O. The second-order valence-electron chi connectivity index (χ2n) is 11.4. The molecule has 0 aromatic heterocycles. The highest BCUT2D eigenvalue weighted by Gasteiger charge is 2.34. The van der Waals surface area contributed by atoms with Gasteiger partial charge in [-0.25, -0.2) is 17.6 Å². The van der Waals surface area contributed by atoms with Crippen molar-refractivity contribution >= 4 is 0 Å². The summed E-state index contributed by atoms with van der Waals surface area (Å²) in [4.78, 5) is 0. The van der Waals surface area contributed by atoms with E-state index in [2.05, 4.69) is 11.7 Å². The number of ether oxygens (including phenoxy) is 1. The SMILES string of the molecule is CCCCCC1CCC(CCF)CC1.Fc1cc(C2CCC(F)CC2)ccc1-c1cc(F)c(OC(F)(F)F)c(F)c1. The molecular weight excluding hydrogens is 552 g/mol. The van der Waals surface area contributed by atoms with Crippen molar-refractivity contribution in [2.45, 2.75) is 109 Å². The lowest BCUT2D eigenvalue weighted by Gasteiger charge is -2.27. The summed E-state index contributed by atoms with van der Waals surface area (Å²) in [5, 5.41) is 0. The van der Waals surface area contributed by atoms with Crippen molar-refractivity contribution in [2.24, 2.45) is 11.8 Å². The van der Waals surface area contributed by atoms with Crippen LogP contribution in [0.25, 0.3) is 11.1 Å². The Kier molecular flexibility index (Phi) is 12.8. The third-order valence-electron chi connectivity index (χ3n) is 8.35. The molecule has 0 aliphatic heterocycles. The third kappa shape index (κ3) is 10.5. The molecule has 0 radical (unpaired) electrons. The van der Waals surface area contributed by atoms with Gasteiger partial charge in [0.05, 0.1) is 6.67 Å². The van der Waals surface area contributed by atoms with Gasteiger partial charge in [-0.1, -0.05) is 70.4 Å². The molecule has 2 aliphatic carbocycles. The summed E-state index contributed by atoms with van der Waals surface area (Å²) in [5.74, 6) is -3.86. The standard InChI is InChI=1S/C19H15F7O.C13H25F/c20-13-4-1-10(2-5-13)11-3-6-14(15(21)7-11)12-8-16(22)18(17(23)9-12)27-19(24,25)26;1-2-3-4-5-12-6-8-13(9-7-12)10-11-14/h3,6-10,13H,1-2,4-5H2;12-13H,2-11H2,1H3. The third-order valence-corrected chi connectivity index (χ3v) is 8.35. The number of halogens is 8. The van der Waals surface area contributed by atoms with Crippen LogP contribution in [-0.4, -0.2) is 19.2 Å². The molecule has 0 N–H and O–H groups in total. The summed E-state index contributed by atoms with van der Waals surface area (Å²) >= 11 is 0. The maximum absolute atomic E-state index is 14.5. The average molecular weight is 593 g/mol. The van der Waals surface area contributed by atoms with E-state index in [-0.39, 0.29) is 23.7 Å². The maximum Gasteiger partial charge on any atom is 0.573 e. The molecule has 2 aromatic carbocycles. The monoisotopic (exact) mass is 592 g/mol. The molecule has 2 fully saturated rings. The fraction of sp³-hybridized carbons (Fsp3) is 0.625. The number of hydrogen-bond donors (Lipinski definition) is 0. The first-order valence-electron chi connectivity index (χ1n) is 14.7. The van der Waals surface area contributed by atoms with Crippen LogP contribution in [0.15, 0.2) is 30.3 Å². The van der Waals surface area contributed by atoms with E-state index < -0.39 is 35.7 Å².